The van der Waals surface area contributed by atoms with E-state index in [1.165, 1.54) is 107 Å². The number of sulfonamides is 1. The predicted molar refractivity (Wildman–Crippen MR) is 205 cm³/mol. The average molecular weight is 728 g/mol. The van der Waals surface area contributed by atoms with Gasteiger partial charge in [-0.25, -0.2) is 8.42 Å². The molecule has 3 aromatic rings. The van der Waals surface area contributed by atoms with Crippen LogP contribution in [-0.2, 0) is 21.2 Å². The fourth-order valence-corrected chi connectivity index (χ4v) is 6.53. The molecule has 0 spiro atoms. The molecule has 0 radical (unpaired) electrons. The molecular weight excluding hydrogens is 674 g/mol. The molecular formula is C39H54ClN3O6S. The van der Waals surface area contributed by atoms with Crippen molar-refractivity contribution in [3.8, 4) is 11.5 Å². The van der Waals surface area contributed by atoms with Crippen molar-refractivity contribution in [1.29, 1.82) is 0 Å². The molecule has 3 rings (SSSR count). The van der Waals surface area contributed by atoms with Gasteiger partial charge in [-0.15, -0.1) is 0 Å². The van der Waals surface area contributed by atoms with Crippen molar-refractivity contribution in [2.45, 2.75) is 116 Å². The highest BCUT2D eigenvalue weighted by Crippen LogP contribution is 2.35. The number of hydrogen-bond donors (Lipinski definition) is 4. The number of phenols is 1. The van der Waals surface area contributed by atoms with E-state index >= 15 is 0 Å². The fraction of sp³-hybridized carbons (Fsp3) is 0.487. The van der Waals surface area contributed by atoms with Crippen molar-refractivity contribution >= 4 is 50.5 Å². The number of aryl methyl sites for hydroxylation is 1. The van der Waals surface area contributed by atoms with E-state index in [0.29, 0.717) is 12.2 Å². The first kappa shape index (κ1) is 40.7. The third-order valence-corrected chi connectivity index (χ3v) is 9.37. The van der Waals surface area contributed by atoms with Crippen LogP contribution < -0.4 is 20.1 Å². The van der Waals surface area contributed by atoms with Crippen LogP contribution in [0.25, 0.3) is 0 Å². The first-order valence-corrected chi connectivity index (χ1v) is 20.2. The van der Waals surface area contributed by atoms with Gasteiger partial charge in [0.15, 0.2) is 6.10 Å². The molecule has 0 heterocycles. The zero-order valence-electron chi connectivity index (χ0n) is 29.7. The van der Waals surface area contributed by atoms with Gasteiger partial charge in [0.2, 0.25) is 10.0 Å². The van der Waals surface area contributed by atoms with Crippen LogP contribution in [0.1, 0.15) is 120 Å². The third kappa shape index (κ3) is 14.6. The minimum absolute atomic E-state index is 0.0178. The summed E-state index contributed by atoms with van der Waals surface area (Å²) in [6, 6.07) is 16.4. The Morgan fingerprint density at radius 2 is 1.38 bits per heavy atom. The topological polar surface area (TPSA) is 134 Å². The molecule has 274 valence electrons. The molecule has 1 unspecified atom stereocenters. The van der Waals surface area contributed by atoms with Gasteiger partial charge < -0.3 is 20.5 Å². The van der Waals surface area contributed by atoms with Crippen LogP contribution in [0.15, 0.2) is 60.7 Å². The van der Waals surface area contributed by atoms with Crippen molar-refractivity contribution in [2.24, 2.45) is 0 Å². The van der Waals surface area contributed by atoms with E-state index in [2.05, 4.69) is 28.3 Å². The number of carbonyl (C=O) groups is 2. The lowest BCUT2D eigenvalue weighted by Gasteiger charge is -2.19. The average Bonchev–Trinajstić information content (AvgIpc) is 3.07. The van der Waals surface area contributed by atoms with Crippen LogP contribution in [0.2, 0.25) is 5.02 Å². The summed E-state index contributed by atoms with van der Waals surface area (Å²) in [7, 11) is -3.63. The number of nitrogens with one attached hydrogen (secondary N) is 3. The number of para-hydroxylation sites is 1. The van der Waals surface area contributed by atoms with Crippen molar-refractivity contribution in [3.05, 3.63) is 76.8 Å². The number of rotatable bonds is 23. The van der Waals surface area contributed by atoms with E-state index in [-0.39, 0.29) is 33.4 Å². The van der Waals surface area contributed by atoms with Crippen LogP contribution >= 0.6 is 11.6 Å². The van der Waals surface area contributed by atoms with Crippen LogP contribution in [0.4, 0.5) is 17.1 Å². The molecule has 0 bridgehead atoms. The Bertz CT molecular complexity index is 1630. The number of anilines is 3. The minimum Gasteiger partial charge on any atom is -0.506 e. The summed E-state index contributed by atoms with van der Waals surface area (Å²) in [4.78, 5) is 26.2. The number of aromatic hydroxyl groups is 1. The normalized spacial score (nSPS) is 11.9. The van der Waals surface area contributed by atoms with Gasteiger partial charge in [-0.05, 0) is 55.2 Å². The maximum Gasteiger partial charge on any atom is 0.265 e. The highest BCUT2D eigenvalue weighted by molar-refractivity contribution is 7.92. The predicted octanol–water partition coefficient (Wildman–Crippen LogP) is 10.1. The Hall–Kier alpha value is -3.76. The zero-order chi connectivity index (χ0) is 36.4. The Morgan fingerprint density at radius 1 is 0.760 bits per heavy atom. The number of benzene rings is 3. The Kier molecular flexibility index (Phi) is 17.5. The molecule has 3 aromatic carbocycles. The second-order valence-corrected chi connectivity index (χ2v) is 15.0. The number of carbonyl (C=O) groups excluding carboxylic acids is 2. The molecule has 0 saturated heterocycles. The summed E-state index contributed by atoms with van der Waals surface area (Å²) in [5.74, 6) is -0.845. The van der Waals surface area contributed by atoms with E-state index in [4.69, 9.17) is 16.3 Å². The van der Waals surface area contributed by atoms with Gasteiger partial charge in [0, 0.05) is 6.07 Å². The molecule has 4 N–H and O–H groups in total. The summed E-state index contributed by atoms with van der Waals surface area (Å²) in [5.41, 5.74) is 1.42. The van der Waals surface area contributed by atoms with Crippen LogP contribution in [-0.4, -0.2) is 37.7 Å². The molecule has 0 aromatic heterocycles. The zero-order valence-corrected chi connectivity index (χ0v) is 31.3. The van der Waals surface area contributed by atoms with Gasteiger partial charge in [-0.2, -0.15) is 0 Å². The Morgan fingerprint density at radius 3 is 2.00 bits per heavy atom. The van der Waals surface area contributed by atoms with E-state index < -0.39 is 27.9 Å². The molecule has 11 heteroatoms. The van der Waals surface area contributed by atoms with Crippen molar-refractivity contribution in [2.75, 3.05) is 21.6 Å². The summed E-state index contributed by atoms with van der Waals surface area (Å²) in [5, 5.41) is 16.0. The van der Waals surface area contributed by atoms with Crippen LogP contribution in [0.5, 0.6) is 11.5 Å². The lowest BCUT2D eigenvalue weighted by Crippen LogP contribution is -2.32. The van der Waals surface area contributed by atoms with E-state index in [1.54, 1.807) is 12.1 Å². The van der Waals surface area contributed by atoms with Gasteiger partial charge in [0.05, 0.1) is 33.9 Å². The number of hydrogen-bond acceptors (Lipinski definition) is 6. The van der Waals surface area contributed by atoms with Crippen LogP contribution in [0.3, 0.4) is 0 Å². The first-order chi connectivity index (χ1) is 24.0. The van der Waals surface area contributed by atoms with E-state index in [9.17, 15) is 23.1 Å². The second kappa shape index (κ2) is 21.5. The minimum atomic E-state index is -3.63. The third-order valence-electron chi connectivity index (χ3n) is 8.47. The van der Waals surface area contributed by atoms with Gasteiger partial charge in [0.25, 0.3) is 11.8 Å². The standard InChI is InChI=1S/C39H54ClN3O6S/c1-4-6-7-8-9-10-11-12-13-14-15-16-17-21-29-22-20-23-30(26-29)49-37(5-2)39(46)41-34-28-36(44)35(27-32(34)40)42-38(45)31-24-18-19-25-33(31)43-50(3,47)48/h18-20,22-28,37,43-44H,4-17,21H2,1-3H3,(H,41,46)(H,42,45). The molecule has 0 saturated carbocycles. The molecule has 2 amide bonds. The Labute approximate surface area is 303 Å². The lowest BCUT2D eigenvalue weighted by molar-refractivity contribution is -0.122. The maximum atomic E-state index is 13.2. The first-order valence-electron chi connectivity index (χ1n) is 18.0. The van der Waals surface area contributed by atoms with Crippen molar-refractivity contribution in [3.63, 3.8) is 0 Å². The fourth-order valence-electron chi connectivity index (χ4n) is 5.74. The molecule has 0 aliphatic carbocycles. The summed E-state index contributed by atoms with van der Waals surface area (Å²) >= 11 is 6.44. The number of halogens is 1. The largest absolute Gasteiger partial charge is 0.506 e. The van der Waals surface area contributed by atoms with Gasteiger partial charge in [0.1, 0.15) is 11.5 Å². The maximum absolute atomic E-state index is 13.2. The highest BCUT2D eigenvalue weighted by atomic mass is 35.5. The quantitative estimate of drug-likeness (QED) is 0.0568. The van der Waals surface area contributed by atoms with Crippen LogP contribution in [0, 0.1) is 0 Å². The number of unbranched alkanes of at least 4 members (excludes halogenated alkanes) is 12. The summed E-state index contributed by atoms with van der Waals surface area (Å²) < 4.78 is 31.8. The smallest absolute Gasteiger partial charge is 0.265 e. The number of ether oxygens (including phenoxy) is 1. The Balaban J connectivity index is 1.47. The number of phenolic OH excluding ortho intramolecular Hbond substituents is 1. The van der Waals surface area contributed by atoms with Crippen molar-refractivity contribution in [1.82, 2.24) is 0 Å². The molecule has 0 aliphatic heterocycles. The molecule has 1 atom stereocenters. The monoisotopic (exact) mass is 727 g/mol. The second-order valence-electron chi connectivity index (χ2n) is 12.9. The highest BCUT2D eigenvalue weighted by Gasteiger charge is 2.22. The van der Waals surface area contributed by atoms with Gasteiger partial charge in [-0.3, -0.25) is 14.3 Å². The summed E-state index contributed by atoms with van der Waals surface area (Å²) in [6.07, 6.45) is 18.6. The van der Waals surface area contributed by atoms with E-state index in [0.717, 1.165) is 19.1 Å². The number of amides is 2. The van der Waals surface area contributed by atoms with Gasteiger partial charge >= 0.3 is 0 Å². The molecule has 0 fully saturated rings. The molecule has 50 heavy (non-hydrogen) atoms. The SMILES string of the molecule is CCCCCCCCCCCCCCCc1cccc(OC(CC)C(=O)Nc2cc(O)c(NC(=O)c3ccccc3NS(C)(=O)=O)cc2Cl)c1. The van der Waals surface area contributed by atoms with E-state index in [1.807, 2.05) is 25.1 Å². The molecule has 0 aliphatic rings. The molecule has 9 nitrogen and oxygen atoms in total. The van der Waals surface area contributed by atoms with Gasteiger partial charge in [-0.1, -0.05) is 127 Å². The van der Waals surface area contributed by atoms with Crippen molar-refractivity contribution < 1.29 is 27.9 Å². The lowest BCUT2D eigenvalue weighted by atomic mass is 10.0. The summed E-state index contributed by atoms with van der Waals surface area (Å²) in [6.45, 7) is 4.10.